The highest BCUT2D eigenvalue weighted by Crippen LogP contribution is 2.32. The van der Waals surface area contributed by atoms with Gasteiger partial charge in [-0.05, 0) is 47.7 Å². The van der Waals surface area contributed by atoms with E-state index in [2.05, 4.69) is 15.3 Å². The summed E-state index contributed by atoms with van der Waals surface area (Å²) in [5.74, 6) is -0.382. The third kappa shape index (κ3) is 3.56. The first-order valence-electron chi connectivity index (χ1n) is 7.98. The van der Waals surface area contributed by atoms with Crippen molar-refractivity contribution in [3.63, 3.8) is 0 Å². The number of anilines is 1. The van der Waals surface area contributed by atoms with E-state index in [1.807, 2.05) is 30.3 Å². The predicted molar refractivity (Wildman–Crippen MR) is 106 cm³/mol. The standard InChI is InChI=1S/C19H12N4O3S/c24-18-17(11-12-7-8-14-13(10-12)4-3-9-20-14)27-19(22-18)21-15-5-1-2-6-16(15)23(25)26/h1-11H,(H,21,22,24)/b17-11-. The second-order valence-electron chi connectivity index (χ2n) is 5.69. The molecule has 2 aromatic carbocycles. The topological polar surface area (TPSA) is 97.5 Å². The molecule has 1 N–H and O–H groups in total. The van der Waals surface area contributed by atoms with Crippen molar-refractivity contribution in [3.8, 4) is 0 Å². The van der Waals surface area contributed by atoms with Crippen LogP contribution in [-0.2, 0) is 4.79 Å². The molecule has 0 radical (unpaired) electrons. The summed E-state index contributed by atoms with van der Waals surface area (Å²) in [5, 5.41) is 15.3. The minimum absolute atomic E-state index is 0.0762. The monoisotopic (exact) mass is 376 g/mol. The molecule has 8 heteroatoms. The zero-order valence-electron chi connectivity index (χ0n) is 13.8. The van der Waals surface area contributed by atoms with E-state index in [-0.39, 0.29) is 11.6 Å². The highest BCUT2D eigenvalue weighted by Gasteiger charge is 2.24. The van der Waals surface area contributed by atoms with Crippen LogP contribution in [0.25, 0.3) is 17.0 Å². The molecule has 27 heavy (non-hydrogen) atoms. The number of carbonyl (C=O) groups is 1. The van der Waals surface area contributed by atoms with Gasteiger partial charge in [-0.15, -0.1) is 0 Å². The van der Waals surface area contributed by atoms with Gasteiger partial charge in [-0.2, -0.15) is 4.99 Å². The third-order valence-corrected chi connectivity index (χ3v) is 4.79. The van der Waals surface area contributed by atoms with Crippen molar-refractivity contribution in [2.24, 2.45) is 4.99 Å². The zero-order chi connectivity index (χ0) is 18.8. The average molecular weight is 376 g/mol. The van der Waals surface area contributed by atoms with Crippen LogP contribution in [0.2, 0.25) is 0 Å². The molecule has 132 valence electrons. The summed E-state index contributed by atoms with van der Waals surface area (Å²) >= 11 is 1.15. The van der Waals surface area contributed by atoms with Crippen molar-refractivity contribution < 1.29 is 9.72 Å². The van der Waals surface area contributed by atoms with Gasteiger partial charge in [-0.3, -0.25) is 19.9 Å². The number of amidine groups is 1. The lowest BCUT2D eigenvalue weighted by molar-refractivity contribution is -0.383. The fourth-order valence-corrected chi connectivity index (χ4v) is 3.48. The van der Waals surface area contributed by atoms with Crippen LogP contribution >= 0.6 is 11.8 Å². The highest BCUT2D eigenvalue weighted by atomic mass is 32.2. The number of amides is 1. The number of nitro benzene ring substituents is 1. The Morgan fingerprint density at radius 1 is 1.11 bits per heavy atom. The van der Waals surface area contributed by atoms with Crippen LogP contribution in [0.4, 0.5) is 11.4 Å². The van der Waals surface area contributed by atoms with E-state index in [1.54, 1.807) is 30.5 Å². The molecule has 1 amide bonds. The molecule has 4 rings (SSSR count). The second kappa shape index (κ2) is 7.00. The molecule has 1 aliphatic rings. The number of carbonyl (C=O) groups excluding carboxylic acids is 1. The van der Waals surface area contributed by atoms with E-state index < -0.39 is 4.92 Å². The molecule has 0 bridgehead atoms. The number of para-hydroxylation sites is 2. The van der Waals surface area contributed by atoms with Crippen LogP contribution in [0.15, 0.2) is 70.7 Å². The van der Waals surface area contributed by atoms with E-state index in [0.29, 0.717) is 15.8 Å². The molecule has 1 aliphatic heterocycles. The van der Waals surface area contributed by atoms with Gasteiger partial charge in [0, 0.05) is 17.6 Å². The van der Waals surface area contributed by atoms with Gasteiger partial charge in [-0.25, -0.2) is 0 Å². The number of nitrogens with zero attached hydrogens (tertiary/aromatic N) is 3. The average Bonchev–Trinajstić information content (AvgIpc) is 3.01. The lowest BCUT2D eigenvalue weighted by Crippen LogP contribution is -2.07. The van der Waals surface area contributed by atoms with E-state index in [4.69, 9.17) is 0 Å². The van der Waals surface area contributed by atoms with E-state index in [9.17, 15) is 14.9 Å². The maximum Gasteiger partial charge on any atom is 0.292 e. The first-order valence-corrected chi connectivity index (χ1v) is 8.79. The number of thioether (sulfide) groups is 1. The van der Waals surface area contributed by atoms with E-state index >= 15 is 0 Å². The Balaban J connectivity index is 1.57. The SMILES string of the molecule is O=C1N=C(Nc2ccccc2[N+](=O)[O-])S/C1=C\c1ccc2ncccc2c1. The fraction of sp³-hybridized carbons (Fsp3) is 0. The number of nitrogens with one attached hydrogen (secondary N) is 1. The number of hydrogen-bond acceptors (Lipinski definition) is 6. The van der Waals surface area contributed by atoms with Crippen molar-refractivity contribution in [2.75, 3.05) is 5.32 Å². The van der Waals surface area contributed by atoms with E-state index in [1.165, 1.54) is 6.07 Å². The number of nitro groups is 1. The molecule has 3 aromatic rings. The minimum atomic E-state index is -0.482. The Labute approximate surface area is 158 Å². The Kier molecular flexibility index (Phi) is 4.39. The summed E-state index contributed by atoms with van der Waals surface area (Å²) in [6, 6.07) is 15.7. The van der Waals surface area contributed by atoms with Crippen LogP contribution in [-0.4, -0.2) is 21.0 Å². The summed E-state index contributed by atoms with van der Waals surface area (Å²) in [5.41, 5.74) is 1.95. The van der Waals surface area contributed by atoms with Crippen molar-refractivity contribution in [1.82, 2.24) is 4.98 Å². The van der Waals surface area contributed by atoms with Gasteiger partial charge in [0.25, 0.3) is 11.6 Å². The molecule has 1 aromatic heterocycles. The molecule has 0 saturated heterocycles. The van der Waals surface area contributed by atoms with Gasteiger partial charge in [0.15, 0.2) is 5.17 Å². The van der Waals surface area contributed by atoms with Crippen molar-refractivity contribution in [3.05, 3.63) is 81.4 Å². The minimum Gasteiger partial charge on any atom is -0.329 e. The van der Waals surface area contributed by atoms with Crippen molar-refractivity contribution in [2.45, 2.75) is 0 Å². The molecule has 0 saturated carbocycles. The number of rotatable bonds is 3. The molecule has 2 heterocycles. The summed E-state index contributed by atoms with van der Waals surface area (Å²) in [7, 11) is 0. The molecule has 0 spiro atoms. The van der Waals surface area contributed by atoms with Gasteiger partial charge < -0.3 is 5.32 Å². The molecule has 0 fully saturated rings. The van der Waals surface area contributed by atoms with Crippen LogP contribution < -0.4 is 5.32 Å². The number of aliphatic imine (C=N–C) groups is 1. The van der Waals surface area contributed by atoms with E-state index in [0.717, 1.165) is 28.2 Å². The van der Waals surface area contributed by atoms with Gasteiger partial charge in [0.2, 0.25) is 0 Å². The first kappa shape index (κ1) is 16.9. The molecule has 7 nitrogen and oxygen atoms in total. The van der Waals surface area contributed by atoms with Gasteiger partial charge in [0.1, 0.15) is 5.69 Å². The first-order chi connectivity index (χ1) is 13.1. The van der Waals surface area contributed by atoms with Crippen molar-refractivity contribution in [1.29, 1.82) is 0 Å². The summed E-state index contributed by atoms with van der Waals surface area (Å²) in [4.78, 5) is 31.5. The highest BCUT2D eigenvalue weighted by molar-refractivity contribution is 8.18. The lowest BCUT2D eigenvalue weighted by Gasteiger charge is -2.05. The van der Waals surface area contributed by atoms with Crippen LogP contribution in [0.3, 0.4) is 0 Å². The quantitative estimate of drug-likeness (QED) is 0.417. The normalized spacial score (nSPS) is 15.2. The fourth-order valence-electron chi connectivity index (χ4n) is 2.65. The number of aromatic nitrogens is 1. The smallest absolute Gasteiger partial charge is 0.292 e. The molecular weight excluding hydrogens is 364 g/mol. The lowest BCUT2D eigenvalue weighted by atomic mass is 10.1. The third-order valence-electron chi connectivity index (χ3n) is 3.89. The van der Waals surface area contributed by atoms with Gasteiger partial charge in [-0.1, -0.05) is 24.3 Å². The molecular formula is C19H12N4O3S. The van der Waals surface area contributed by atoms with Gasteiger partial charge >= 0.3 is 0 Å². The molecule has 0 atom stereocenters. The maximum absolute atomic E-state index is 12.2. The largest absolute Gasteiger partial charge is 0.329 e. The Morgan fingerprint density at radius 3 is 2.81 bits per heavy atom. The van der Waals surface area contributed by atoms with Crippen LogP contribution in [0.1, 0.15) is 5.56 Å². The summed E-state index contributed by atoms with van der Waals surface area (Å²) in [6.45, 7) is 0. The van der Waals surface area contributed by atoms with Crippen molar-refractivity contribution >= 4 is 51.2 Å². The predicted octanol–water partition coefficient (Wildman–Crippen LogP) is 4.23. The van der Waals surface area contributed by atoms with Crippen LogP contribution in [0.5, 0.6) is 0 Å². The zero-order valence-corrected chi connectivity index (χ0v) is 14.6. The number of pyridine rings is 1. The van der Waals surface area contributed by atoms with Gasteiger partial charge in [0.05, 0.1) is 15.3 Å². The van der Waals surface area contributed by atoms with Crippen LogP contribution in [0, 0.1) is 10.1 Å². The Hall–Kier alpha value is -3.52. The Bertz CT molecular complexity index is 1140. The summed E-state index contributed by atoms with van der Waals surface area (Å²) < 4.78 is 0. The second-order valence-corrected chi connectivity index (χ2v) is 6.72. The molecule has 0 unspecified atom stereocenters. The summed E-state index contributed by atoms with van der Waals surface area (Å²) in [6.07, 6.45) is 3.47. The maximum atomic E-state index is 12.2. The number of fused-ring (bicyclic) bond motifs is 1. The Morgan fingerprint density at radius 2 is 1.96 bits per heavy atom. The number of benzene rings is 2. The molecule has 0 aliphatic carbocycles. The number of hydrogen-bond donors (Lipinski definition) is 1.